The summed E-state index contributed by atoms with van der Waals surface area (Å²) < 4.78 is 5.44. The first-order chi connectivity index (χ1) is 12.2. The predicted molar refractivity (Wildman–Crippen MR) is 96.4 cm³/mol. The van der Waals surface area contributed by atoms with Crippen LogP contribution in [0.25, 0.3) is 0 Å². The van der Waals surface area contributed by atoms with Crippen LogP contribution in [0.2, 0.25) is 5.02 Å². The van der Waals surface area contributed by atoms with Crippen molar-refractivity contribution in [3.8, 4) is 0 Å². The second-order valence-corrected chi connectivity index (χ2v) is 6.27. The van der Waals surface area contributed by atoms with Crippen LogP contribution in [0.4, 0.5) is 11.4 Å². The summed E-state index contributed by atoms with van der Waals surface area (Å²) in [5.74, 6) is 0.830. The molecular weight excluding hydrogens is 342 g/mol. The third-order valence-corrected chi connectivity index (χ3v) is 4.44. The second kappa shape index (κ2) is 6.78. The van der Waals surface area contributed by atoms with E-state index in [-0.39, 0.29) is 6.17 Å². The molecule has 0 bridgehead atoms. The molecule has 0 saturated carbocycles. The Morgan fingerprint density at radius 1 is 1.24 bits per heavy atom. The predicted octanol–water partition coefficient (Wildman–Crippen LogP) is 3.34. The molecule has 4 rings (SSSR count). The molecule has 3 heterocycles. The van der Waals surface area contributed by atoms with E-state index in [2.05, 4.69) is 20.4 Å². The monoisotopic (exact) mass is 357 g/mol. The Hall–Kier alpha value is -2.51. The molecule has 2 aromatic rings. The fourth-order valence-corrected chi connectivity index (χ4v) is 3.13. The molecule has 25 heavy (non-hydrogen) atoms. The normalized spacial score (nSPS) is 19.6. The van der Waals surface area contributed by atoms with Gasteiger partial charge in [-0.05, 0) is 28.9 Å². The lowest BCUT2D eigenvalue weighted by molar-refractivity contribution is 0.0679. The summed E-state index contributed by atoms with van der Waals surface area (Å²) in [6.07, 6.45) is 1.34. The van der Waals surface area contributed by atoms with E-state index in [4.69, 9.17) is 21.3 Å². The lowest BCUT2D eigenvalue weighted by atomic mass is 10.1. The quantitative estimate of drug-likeness (QED) is 0.834. The van der Waals surface area contributed by atoms with E-state index in [0.29, 0.717) is 23.9 Å². The van der Waals surface area contributed by atoms with Gasteiger partial charge in [-0.1, -0.05) is 23.7 Å². The summed E-state index contributed by atoms with van der Waals surface area (Å²) in [6.45, 7) is 2.87. The van der Waals surface area contributed by atoms with Crippen molar-refractivity contribution in [3.05, 3.63) is 57.7 Å². The van der Waals surface area contributed by atoms with Gasteiger partial charge in [0.05, 0.1) is 23.9 Å². The van der Waals surface area contributed by atoms with Gasteiger partial charge in [0.15, 0.2) is 5.84 Å². The minimum atomic E-state index is -0.286. The fraction of sp³-hybridized carbons (Fsp3) is 0.294. The Balaban J connectivity index is 1.74. The van der Waals surface area contributed by atoms with Gasteiger partial charge in [0.1, 0.15) is 17.5 Å². The molecule has 7 nitrogen and oxygen atoms in total. The SMILES string of the molecule is O=Nc1ccc(C2N=C(N3CCOCC3)c3ncc(Cl)cc3N2)cc1. The minimum Gasteiger partial charge on any atom is -0.378 e. The highest BCUT2D eigenvalue weighted by molar-refractivity contribution is 6.31. The van der Waals surface area contributed by atoms with Crippen molar-refractivity contribution in [2.45, 2.75) is 6.17 Å². The number of pyridine rings is 1. The molecule has 0 aliphatic carbocycles. The van der Waals surface area contributed by atoms with Crippen LogP contribution in [0, 0.1) is 4.91 Å². The Morgan fingerprint density at radius 3 is 2.72 bits per heavy atom. The summed E-state index contributed by atoms with van der Waals surface area (Å²) in [4.78, 5) is 22.1. The van der Waals surface area contributed by atoms with E-state index in [1.54, 1.807) is 18.3 Å². The van der Waals surface area contributed by atoms with Gasteiger partial charge >= 0.3 is 0 Å². The number of halogens is 1. The number of morpholine rings is 1. The fourth-order valence-electron chi connectivity index (χ4n) is 2.97. The summed E-state index contributed by atoms with van der Waals surface area (Å²) >= 11 is 6.12. The van der Waals surface area contributed by atoms with Crippen LogP contribution in [-0.2, 0) is 4.74 Å². The highest BCUT2D eigenvalue weighted by Gasteiger charge is 2.27. The van der Waals surface area contributed by atoms with Crippen LogP contribution >= 0.6 is 11.6 Å². The van der Waals surface area contributed by atoms with Crippen LogP contribution in [-0.4, -0.2) is 42.0 Å². The molecule has 1 saturated heterocycles. The van der Waals surface area contributed by atoms with Crippen LogP contribution in [0.3, 0.4) is 0 Å². The molecule has 1 aromatic heterocycles. The Labute approximate surface area is 149 Å². The highest BCUT2D eigenvalue weighted by atomic mass is 35.5. The van der Waals surface area contributed by atoms with E-state index >= 15 is 0 Å². The zero-order valence-electron chi connectivity index (χ0n) is 13.4. The first kappa shape index (κ1) is 16.0. The average molecular weight is 358 g/mol. The number of hydrogen-bond donors (Lipinski definition) is 1. The van der Waals surface area contributed by atoms with Crippen LogP contribution in [0.5, 0.6) is 0 Å². The third kappa shape index (κ3) is 3.20. The molecule has 0 radical (unpaired) electrons. The Kier molecular flexibility index (Phi) is 4.33. The van der Waals surface area contributed by atoms with Crippen molar-refractivity contribution in [2.24, 2.45) is 10.2 Å². The number of ether oxygens (including phenoxy) is 1. The van der Waals surface area contributed by atoms with Crippen LogP contribution < -0.4 is 5.32 Å². The molecular formula is C17H16ClN5O2. The number of aliphatic imine (C=N–C) groups is 1. The Bertz CT molecular complexity index is 818. The molecule has 1 N–H and O–H groups in total. The highest BCUT2D eigenvalue weighted by Crippen LogP contribution is 2.32. The number of nitroso groups, excluding NO2 is 1. The van der Waals surface area contributed by atoms with E-state index in [1.165, 1.54) is 0 Å². The molecule has 8 heteroatoms. The molecule has 2 aliphatic heterocycles. The van der Waals surface area contributed by atoms with Gasteiger partial charge in [-0.25, -0.2) is 9.98 Å². The number of rotatable bonds is 2. The number of nitrogens with one attached hydrogen (secondary N) is 1. The summed E-state index contributed by atoms with van der Waals surface area (Å²) in [7, 11) is 0. The van der Waals surface area contributed by atoms with Crippen molar-refractivity contribution < 1.29 is 4.74 Å². The van der Waals surface area contributed by atoms with Crippen molar-refractivity contribution in [2.75, 3.05) is 31.6 Å². The standard InChI is InChI=1S/C17H16ClN5O2/c18-12-9-14-15(19-10-12)17(23-5-7-25-8-6-23)21-16(20-14)11-1-3-13(22-24)4-2-11/h1-4,9-10,16,20H,5-8H2. The maximum Gasteiger partial charge on any atom is 0.154 e. The summed E-state index contributed by atoms with van der Waals surface area (Å²) in [5, 5.41) is 6.86. The zero-order chi connectivity index (χ0) is 17.2. The van der Waals surface area contributed by atoms with Crippen molar-refractivity contribution in [3.63, 3.8) is 0 Å². The topological polar surface area (TPSA) is 79.2 Å². The number of fused-ring (bicyclic) bond motifs is 1. The van der Waals surface area contributed by atoms with Gasteiger partial charge in [-0.3, -0.25) is 0 Å². The van der Waals surface area contributed by atoms with Gasteiger partial charge in [-0.2, -0.15) is 0 Å². The van der Waals surface area contributed by atoms with Crippen LogP contribution in [0.1, 0.15) is 17.4 Å². The molecule has 1 fully saturated rings. The van der Waals surface area contributed by atoms with Gasteiger partial charge in [-0.15, -0.1) is 4.91 Å². The minimum absolute atomic E-state index is 0.286. The van der Waals surface area contributed by atoms with Gasteiger partial charge in [0, 0.05) is 19.3 Å². The van der Waals surface area contributed by atoms with Crippen LogP contribution in [0.15, 0.2) is 46.7 Å². The number of aromatic nitrogens is 1. The zero-order valence-corrected chi connectivity index (χ0v) is 14.1. The molecule has 1 aromatic carbocycles. The second-order valence-electron chi connectivity index (χ2n) is 5.83. The Morgan fingerprint density at radius 2 is 2.00 bits per heavy atom. The molecule has 1 atom stereocenters. The van der Waals surface area contributed by atoms with E-state index < -0.39 is 0 Å². The smallest absolute Gasteiger partial charge is 0.154 e. The van der Waals surface area contributed by atoms with E-state index in [9.17, 15) is 4.91 Å². The first-order valence-corrected chi connectivity index (χ1v) is 8.38. The summed E-state index contributed by atoms with van der Waals surface area (Å²) in [6, 6.07) is 8.91. The first-order valence-electron chi connectivity index (χ1n) is 8.01. The van der Waals surface area contributed by atoms with Gasteiger partial charge in [0.2, 0.25) is 0 Å². The third-order valence-electron chi connectivity index (χ3n) is 4.23. The maximum absolute atomic E-state index is 10.6. The molecule has 0 amide bonds. The van der Waals surface area contributed by atoms with Gasteiger partial charge in [0.25, 0.3) is 0 Å². The maximum atomic E-state index is 10.6. The number of hydrogen-bond acceptors (Lipinski definition) is 7. The number of benzene rings is 1. The summed E-state index contributed by atoms with van der Waals surface area (Å²) in [5.41, 5.74) is 2.95. The lowest BCUT2D eigenvalue weighted by Crippen LogP contribution is -2.43. The number of nitrogens with zero attached hydrogens (tertiary/aromatic N) is 4. The van der Waals surface area contributed by atoms with Gasteiger partial charge < -0.3 is 15.0 Å². The molecule has 1 unspecified atom stereocenters. The van der Waals surface area contributed by atoms with Crippen molar-refractivity contribution in [1.29, 1.82) is 0 Å². The van der Waals surface area contributed by atoms with Crippen molar-refractivity contribution in [1.82, 2.24) is 9.88 Å². The lowest BCUT2D eigenvalue weighted by Gasteiger charge is -2.34. The number of anilines is 1. The van der Waals surface area contributed by atoms with E-state index in [1.807, 2.05) is 18.2 Å². The molecule has 2 aliphatic rings. The largest absolute Gasteiger partial charge is 0.378 e. The molecule has 0 spiro atoms. The number of amidine groups is 1. The average Bonchev–Trinajstić information content (AvgIpc) is 2.67. The molecule has 128 valence electrons. The van der Waals surface area contributed by atoms with Crippen molar-refractivity contribution >= 4 is 28.8 Å². The van der Waals surface area contributed by atoms with E-state index in [0.717, 1.165) is 35.9 Å².